The van der Waals surface area contributed by atoms with Crippen LogP contribution in [0.15, 0.2) is 16.9 Å². The Morgan fingerprint density at radius 3 is 3.00 bits per heavy atom. The predicted molar refractivity (Wildman–Crippen MR) is 51.5 cm³/mol. The molecule has 2 N–H and O–H groups in total. The van der Waals surface area contributed by atoms with Crippen molar-refractivity contribution in [2.75, 3.05) is 0 Å². The fraction of sp³-hybridized carbons (Fsp3) is 0.700. The Morgan fingerprint density at radius 1 is 1.71 bits per heavy atom. The summed E-state index contributed by atoms with van der Waals surface area (Å²) in [5.74, 6) is 0. The fourth-order valence-electron chi connectivity index (χ4n) is 1.81. The number of hydrogen-bond acceptors (Lipinski definition) is 4. The first kappa shape index (κ1) is 9.68. The minimum Gasteiger partial charge on any atom is -0.392 e. The van der Waals surface area contributed by atoms with E-state index in [2.05, 4.69) is 24.3 Å². The van der Waals surface area contributed by atoms with Gasteiger partial charge in [-0.3, -0.25) is 0 Å². The summed E-state index contributed by atoms with van der Waals surface area (Å²) in [5, 5.41) is 16.7. The molecule has 1 fully saturated rings. The van der Waals surface area contributed by atoms with Crippen LogP contribution in [-0.4, -0.2) is 22.4 Å². The molecule has 1 aromatic rings. The maximum absolute atomic E-state index is 9.53. The van der Waals surface area contributed by atoms with Crippen LogP contribution in [0.3, 0.4) is 0 Å². The first-order valence-corrected chi connectivity index (χ1v) is 4.91. The van der Waals surface area contributed by atoms with Crippen molar-refractivity contribution in [1.82, 2.24) is 10.5 Å². The Bertz CT molecular complexity index is 295. The van der Waals surface area contributed by atoms with E-state index in [-0.39, 0.29) is 11.5 Å². The van der Waals surface area contributed by atoms with E-state index in [4.69, 9.17) is 4.52 Å². The lowest BCUT2D eigenvalue weighted by Crippen LogP contribution is -2.59. The summed E-state index contributed by atoms with van der Waals surface area (Å²) in [6, 6.07) is 2.21. The number of aromatic nitrogens is 1. The molecule has 0 spiro atoms. The molecule has 2 rings (SSSR count). The summed E-state index contributed by atoms with van der Waals surface area (Å²) >= 11 is 0. The number of rotatable bonds is 3. The molecule has 4 heteroatoms. The predicted octanol–water partition coefficient (Wildman–Crippen LogP) is 0.924. The Kier molecular flexibility index (Phi) is 2.33. The molecule has 1 saturated carbocycles. The molecule has 1 heterocycles. The zero-order chi connectivity index (χ0) is 10.2. The minimum atomic E-state index is -0.183. The van der Waals surface area contributed by atoms with Gasteiger partial charge < -0.3 is 14.9 Å². The van der Waals surface area contributed by atoms with E-state index in [0.29, 0.717) is 12.6 Å². The summed E-state index contributed by atoms with van der Waals surface area (Å²) < 4.78 is 4.73. The van der Waals surface area contributed by atoms with Crippen LogP contribution in [0, 0.1) is 5.41 Å². The Morgan fingerprint density at radius 2 is 2.50 bits per heavy atom. The highest BCUT2D eigenvalue weighted by molar-refractivity contribution is 5.03. The molecule has 0 aliphatic heterocycles. The molecule has 4 nitrogen and oxygen atoms in total. The van der Waals surface area contributed by atoms with E-state index in [1.807, 2.05) is 6.07 Å². The van der Waals surface area contributed by atoms with Gasteiger partial charge in [-0.05, 0) is 6.42 Å². The van der Waals surface area contributed by atoms with Crippen LogP contribution in [0.5, 0.6) is 0 Å². The highest BCUT2D eigenvalue weighted by Crippen LogP contribution is 2.40. The molecule has 2 atom stereocenters. The molecule has 1 aromatic heterocycles. The molecular formula is C10H16N2O2. The van der Waals surface area contributed by atoms with Gasteiger partial charge in [-0.15, -0.1) is 0 Å². The Labute approximate surface area is 83.3 Å². The van der Waals surface area contributed by atoms with Crippen molar-refractivity contribution in [3.05, 3.63) is 18.0 Å². The normalized spacial score (nSPS) is 29.9. The third kappa shape index (κ3) is 1.55. The summed E-state index contributed by atoms with van der Waals surface area (Å²) in [4.78, 5) is 0. The summed E-state index contributed by atoms with van der Waals surface area (Å²) in [5.41, 5.74) is 0.881. The van der Waals surface area contributed by atoms with Gasteiger partial charge in [0.15, 0.2) is 0 Å². The van der Waals surface area contributed by atoms with Crippen LogP contribution in [0.25, 0.3) is 0 Å². The first-order chi connectivity index (χ1) is 6.60. The summed E-state index contributed by atoms with van der Waals surface area (Å²) in [6.45, 7) is 4.85. The number of aliphatic hydroxyl groups is 1. The summed E-state index contributed by atoms with van der Waals surface area (Å²) in [6.07, 6.45) is 2.21. The first-order valence-electron chi connectivity index (χ1n) is 4.91. The molecule has 0 radical (unpaired) electrons. The smallest absolute Gasteiger partial charge is 0.124 e. The van der Waals surface area contributed by atoms with Crippen LogP contribution in [-0.2, 0) is 6.54 Å². The zero-order valence-corrected chi connectivity index (χ0v) is 8.53. The summed E-state index contributed by atoms with van der Waals surface area (Å²) in [7, 11) is 0. The molecular weight excluding hydrogens is 180 g/mol. The number of hydrogen-bond donors (Lipinski definition) is 2. The maximum Gasteiger partial charge on any atom is 0.124 e. The van der Waals surface area contributed by atoms with E-state index in [1.54, 1.807) is 6.26 Å². The van der Waals surface area contributed by atoms with Crippen molar-refractivity contribution < 1.29 is 9.63 Å². The van der Waals surface area contributed by atoms with Crippen molar-refractivity contribution in [3.63, 3.8) is 0 Å². The van der Waals surface area contributed by atoms with Crippen LogP contribution in [0.4, 0.5) is 0 Å². The molecule has 14 heavy (non-hydrogen) atoms. The molecule has 0 saturated heterocycles. The van der Waals surface area contributed by atoms with E-state index < -0.39 is 0 Å². The Hall–Kier alpha value is -0.870. The van der Waals surface area contributed by atoms with E-state index in [0.717, 1.165) is 12.1 Å². The van der Waals surface area contributed by atoms with Crippen molar-refractivity contribution in [2.45, 2.75) is 39.0 Å². The highest BCUT2D eigenvalue weighted by atomic mass is 16.5. The number of nitrogens with one attached hydrogen (secondary N) is 1. The molecule has 1 aliphatic carbocycles. The van der Waals surface area contributed by atoms with Crippen molar-refractivity contribution in [3.8, 4) is 0 Å². The van der Waals surface area contributed by atoms with Gasteiger partial charge in [-0.25, -0.2) is 0 Å². The standard InChI is InChI=1S/C10H16N2O2/c1-10(2)8(5-9(10)13)11-6-7-3-4-14-12-7/h3-4,8-9,11,13H,5-6H2,1-2H3. The zero-order valence-electron chi connectivity index (χ0n) is 8.53. The van der Waals surface area contributed by atoms with Crippen LogP contribution >= 0.6 is 0 Å². The van der Waals surface area contributed by atoms with Gasteiger partial charge in [0.05, 0.1) is 11.8 Å². The minimum absolute atomic E-state index is 0.0241. The average Bonchev–Trinajstić information content (AvgIpc) is 2.64. The van der Waals surface area contributed by atoms with E-state index in [9.17, 15) is 5.11 Å². The van der Waals surface area contributed by atoms with E-state index >= 15 is 0 Å². The third-order valence-corrected chi connectivity index (χ3v) is 3.24. The van der Waals surface area contributed by atoms with Gasteiger partial charge in [0.25, 0.3) is 0 Å². The van der Waals surface area contributed by atoms with Gasteiger partial charge in [-0.1, -0.05) is 19.0 Å². The lowest BCUT2D eigenvalue weighted by molar-refractivity contribution is -0.0731. The second-order valence-corrected chi connectivity index (χ2v) is 4.50. The average molecular weight is 196 g/mol. The van der Waals surface area contributed by atoms with Gasteiger partial charge >= 0.3 is 0 Å². The van der Waals surface area contributed by atoms with Crippen LogP contribution in [0.1, 0.15) is 26.0 Å². The lowest BCUT2D eigenvalue weighted by Gasteiger charge is -2.49. The van der Waals surface area contributed by atoms with Gasteiger partial charge in [-0.2, -0.15) is 0 Å². The number of aliphatic hydroxyl groups excluding tert-OH is 1. The third-order valence-electron chi connectivity index (χ3n) is 3.24. The van der Waals surface area contributed by atoms with Crippen molar-refractivity contribution in [2.24, 2.45) is 5.41 Å². The molecule has 0 amide bonds. The topological polar surface area (TPSA) is 58.3 Å². The van der Waals surface area contributed by atoms with Gasteiger partial charge in [0.2, 0.25) is 0 Å². The van der Waals surface area contributed by atoms with Crippen molar-refractivity contribution >= 4 is 0 Å². The molecule has 0 bridgehead atoms. The van der Waals surface area contributed by atoms with Gasteiger partial charge in [0, 0.05) is 24.1 Å². The second kappa shape index (κ2) is 3.37. The van der Waals surface area contributed by atoms with Crippen molar-refractivity contribution in [1.29, 1.82) is 0 Å². The maximum atomic E-state index is 9.53. The molecule has 78 valence electrons. The van der Waals surface area contributed by atoms with Crippen LogP contribution in [0.2, 0.25) is 0 Å². The molecule has 0 aromatic carbocycles. The quantitative estimate of drug-likeness (QED) is 0.755. The Balaban J connectivity index is 1.83. The highest BCUT2D eigenvalue weighted by Gasteiger charge is 2.46. The van der Waals surface area contributed by atoms with E-state index in [1.165, 1.54) is 0 Å². The fourth-order valence-corrected chi connectivity index (χ4v) is 1.81. The SMILES string of the molecule is CC1(C)C(O)CC1NCc1ccon1. The second-order valence-electron chi connectivity index (χ2n) is 4.50. The van der Waals surface area contributed by atoms with Crippen LogP contribution < -0.4 is 5.32 Å². The largest absolute Gasteiger partial charge is 0.392 e. The molecule has 1 aliphatic rings. The number of nitrogens with zero attached hydrogens (tertiary/aromatic N) is 1. The lowest BCUT2D eigenvalue weighted by atomic mass is 9.64. The monoisotopic (exact) mass is 196 g/mol. The molecule has 2 unspecified atom stereocenters. The van der Waals surface area contributed by atoms with Gasteiger partial charge in [0.1, 0.15) is 6.26 Å².